The molecule has 0 spiro atoms. The molecular weight excluding hydrogens is 328 g/mol. The van der Waals surface area contributed by atoms with Crippen molar-refractivity contribution in [2.24, 2.45) is 0 Å². The molecule has 0 aliphatic carbocycles. The minimum atomic E-state index is -0.835. The number of nitrogens with one attached hydrogen (secondary N) is 2. The van der Waals surface area contributed by atoms with Gasteiger partial charge in [-0.1, -0.05) is 35.9 Å². The van der Waals surface area contributed by atoms with Gasteiger partial charge in [-0.05, 0) is 35.4 Å². The van der Waals surface area contributed by atoms with Gasteiger partial charge in [0.1, 0.15) is 0 Å². The first-order valence-corrected chi connectivity index (χ1v) is 8.11. The zero-order valence-corrected chi connectivity index (χ0v) is 14.0. The minimum absolute atomic E-state index is 0.0310. The largest absolute Gasteiger partial charge is 0.481 e. The highest BCUT2D eigenvalue weighted by molar-refractivity contribution is 6.30. The second-order valence-corrected chi connectivity index (χ2v) is 5.91. The van der Waals surface area contributed by atoms with Crippen molar-refractivity contribution in [1.82, 2.24) is 5.32 Å². The van der Waals surface area contributed by atoms with E-state index < -0.39 is 12.1 Å². The molecule has 0 bridgehead atoms. The zero-order valence-electron chi connectivity index (χ0n) is 13.2. The fourth-order valence-corrected chi connectivity index (χ4v) is 2.48. The van der Waals surface area contributed by atoms with E-state index in [1.165, 1.54) is 0 Å². The van der Waals surface area contributed by atoms with Crippen LogP contribution in [0.25, 0.3) is 0 Å². The number of rotatable bonds is 9. The van der Waals surface area contributed by atoms with Crippen LogP contribution in [0.4, 0.5) is 5.69 Å². The van der Waals surface area contributed by atoms with E-state index in [0.717, 1.165) is 16.8 Å². The molecule has 0 saturated heterocycles. The van der Waals surface area contributed by atoms with Gasteiger partial charge in [-0.2, -0.15) is 0 Å². The molecular formula is C18H21ClN2O3. The molecule has 24 heavy (non-hydrogen) atoms. The molecule has 0 fully saturated rings. The maximum Gasteiger partial charge on any atom is 0.307 e. The van der Waals surface area contributed by atoms with Crippen molar-refractivity contribution in [1.29, 1.82) is 0 Å². The maximum atomic E-state index is 10.6. The van der Waals surface area contributed by atoms with Crippen LogP contribution in [0.15, 0.2) is 48.5 Å². The summed E-state index contributed by atoms with van der Waals surface area (Å²) in [4.78, 5) is 10.6. The van der Waals surface area contributed by atoms with Crippen LogP contribution in [0, 0.1) is 0 Å². The number of carboxylic acids is 1. The highest BCUT2D eigenvalue weighted by atomic mass is 35.5. The Kier molecular flexibility index (Phi) is 7.06. The summed E-state index contributed by atoms with van der Waals surface area (Å²) in [5.41, 5.74) is 2.49. The Labute approximate surface area is 146 Å². The Morgan fingerprint density at radius 2 is 1.88 bits per heavy atom. The van der Waals surface area contributed by atoms with E-state index in [-0.39, 0.29) is 6.42 Å². The average molecular weight is 349 g/mol. The van der Waals surface area contributed by atoms with E-state index in [1.54, 1.807) is 24.3 Å². The predicted octanol–water partition coefficient (Wildman–Crippen LogP) is 2.70. The molecule has 2 aromatic carbocycles. The van der Waals surface area contributed by atoms with Gasteiger partial charge in [0, 0.05) is 30.3 Å². The van der Waals surface area contributed by atoms with Crippen LogP contribution in [0.3, 0.4) is 0 Å². The second kappa shape index (κ2) is 9.27. The van der Waals surface area contributed by atoms with Gasteiger partial charge in [0.25, 0.3) is 0 Å². The Bertz CT molecular complexity index is 662. The lowest BCUT2D eigenvalue weighted by atomic mass is 10.1. The van der Waals surface area contributed by atoms with Crippen LogP contribution >= 0.6 is 11.6 Å². The van der Waals surface area contributed by atoms with Crippen molar-refractivity contribution in [2.45, 2.75) is 12.5 Å². The number of halogens is 1. The molecule has 4 N–H and O–H groups in total. The first-order chi connectivity index (χ1) is 11.5. The molecule has 2 aromatic rings. The van der Waals surface area contributed by atoms with Crippen LogP contribution in [-0.2, 0) is 11.2 Å². The Balaban J connectivity index is 1.66. The van der Waals surface area contributed by atoms with Gasteiger partial charge in [-0.25, -0.2) is 0 Å². The normalized spacial score (nSPS) is 11.9. The van der Waals surface area contributed by atoms with Crippen molar-refractivity contribution in [3.05, 3.63) is 64.7 Å². The van der Waals surface area contributed by atoms with Crippen LogP contribution in [0.5, 0.6) is 0 Å². The molecule has 128 valence electrons. The summed E-state index contributed by atoms with van der Waals surface area (Å²) < 4.78 is 0. The Morgan fingerprint density at radius 1 is 1.12 bits per heavy atom. The maximum absolute atomic E-state index is 10.6. The number of hydrogen-bond donors (Lipinski definition) is 4. The number of aliphatic hydroxyl groups excluding tert-OH is 1. The minimum Gasteiger partial charge on any atom is -0.481 e. The fourth-order valence-electron chi connectivity index (χ4n) is 2.28. The third kappa shape index (κ3) is 6.20. The van der Waals surface area contributed by atoms with Crippen molar-refractivity contribution >= 4 is 23.3 Å². The summed E-state index contributed by atoms with van der Waals surface area (Å²) in [6, 6.07) is 14.5. The summed E-state index contributed by atoms with van der Waals surface area (Å²) in [6.07, 6.45) is -0.567. The van der Waals surface area contributed by atoms with Gasteiger partial charge >= 0.3 is 5.97 Å². The van der Waals surface area contributed by atoms with Crippen LogP contribution < -0.4 is 10.6 Å². The molecule has 0 aliphatic heterocycles. The summed E-state index contributed by atoms with van der Waals surface area (Å²) in [5.74, 6) is -0.835. The molecule has 2 rings (SSSR count). The molecule has 0 aliphatic rings. The van der Waals surface area contributed by atoms with E-state index in [1.807, 2.05) is 24.3 Å². The number of carboxylic acid groups (broad SMARTS) is 1. The van der Waals surface area contributed by atoms with Gasteiger partial charge in [0.2, 0.25) is 0 Å². The monoisotopic (exact) mass is 348 g/mol. The topological polar surface area (TPSA) is 81.6 Å². The molecule has 0 heterocycles. The van der Waals surface area contributed by atoms with Gasteiger partial charge in [-0.3, -0.25) is 4.79 Å². The molecule has 0 aromatic heterocycles. The first-order valence-electron chi connectivity index (χ1n) is 7.73. The molecule has 6 heteroatoms. The van der Waals surface area contributed by atoms with Crippen molar-refractivity contribution in [2.75, 3.05) is 25.0 Å². The number of aliphatic carboxylic acids is 1. The van der Waals surface area contributed by atoms with E-state index in [4.69, 9.17) is 16.7 Å². The SMILES string of the molecule is O=C(O)Cc1ccc(NCCNC[C@H](O)c2cccc(Cl)c2)cc1. The summed E-state index contributed by atoms with van der Waals surface area (Å²) in [5, 5.41) is 25.8. The van der Waals surface area contributed by atoms with Crippen LogP contribution in [-0.4, -0.2) is 35.8 Å². The summed E-state index contributed by atoms with van der Waals surface area (Å²) in [7, 11) is 0. The number of aliphatic hydroxyl groups is 1. The van der Waals surface area contributed by atoms with Crippen LogP contribution in [0.2, 0.25) is 5.02 Å². The lowest BCUT2D eigenvalue weighted by Crippen LogP contribution is -2.26. The van der Waals surface area contributed by atoms with Crippen molar-refractivity contribution < 1.29 is 15.0 Å². The Hall–Kier alpha value is -2.08. The van der Waals surface area contributed by atoms with Crippen molar-refractivity contribution in [3.8, 4) is 0 Å². The molecule has 0 saturated carbocycles. The first kappa shape index (κ1) is 18.3. The van der Waals surface area contributed by atoms with E-state index in [9.17, 15) is 9.90 Å². The zero-order chi connectivity index (χ0) is 17.4. The fraction of sp³-hybridized carbons (Fsp3) is 0.278. The third-order valence-corrected chi connectivity index (χ3v) is 3.75. The molecule has 0 amide bonds. The molecule has 0 radical (unpaired) electrons. The second-order valence-electron chi connectivity index (χ2n) is 5.47. The standard InChI is InChI=1S/C18H21ClN2O3/c19-15-3-1-2-14(11-15)17(22)12-20-8-9-21-16-6-4-13(5-7-16)10-18(23)24/h1-7,11,17,20-22H,8-10,12H2,(H,23,24)/t17-/m0/s1. The number of anilines is 1. The van der Waals surface area contributed by atoms with E-state index in [0.29, 0.717) is 24.7 Å². The lowest BCUT2D eigenvalue weighted by Gasteiger charge is -2.13. The number of carbonyl (C=O) groups is 1. The van der Waals surface area contributed by atoms with Gasteiger partial charge in [0.15, 0.2) is 0 Å². The third-order valence-electron chi connectivity index (χ3n) is 3.51. The van der Waals surface area contributed by atoms with Gasteiger partial charge in [0.05, 0.1) is 12.5 Å². The van der Waals surface area contributed by atoms with Gasteiger partial charge in [-0.15, -0.1) is 0 Å². The molecule has 1 atom stereocenters. The Morgan fingerprint density at radius 3 is 2.54 bits per heavy atom. The average Bonchev–Trinajstić information content (AvgIpc) is 2.55. The lowest BCUT2D eigenvalue weighted by molar-refractivity contribution is -0.136. The van der Waals surface area contributed by atoms with Gasteiger partial charge < -0.3 is 20.8 Å². The number of hydrogen-bond acceptors (Lipinski definition) is 4. The van der Waals surface area contributed by atoms with Crippen molar-refractivity contribution in [3.63, 3.8) is 0 Å². The highest BCUT2D eigenvalue weighted by Crippen LogP contribution is 2.17. The number of benzene rings is 2. The molecule has 0 unspecified atom stereocenters. The molecule has 5 nitrogen and oxygen atoms in total. The smallest absolute Gasteiger partial charge is 0.307 e. The quantitative estimate of drug-likeness (QED) is 0.524. The van der Waals surface area contributed by atoms with E-state index in [2.05, 4.69) is 10.6 Å². The summed E-state index contributed by atoms with van der Waals surface area (Å²) in [6.45, 7) is 1.83. The summed E-state index contributed by atoms with van der Waals surface area (Å²) >= 11 is 5.91. The van der Waals surface area contributed by atoms with Crippen LogP contribution in [0.1, 0.15) is 17.2 Å². The highest BCUT2D eigenvalue weighted by Gasteiger charge is 2.07. The predicted molar refractivity (Wildman–Crippen MR) is 95.6 cm³/mol. The van der Waals surface area contributed by atoms with E-state index >= 15 is 0 Å².